The normalized spacial score (nSPS) is 16.7. The highest BCUT2D eigenvalue weighted by Gasteiger charge is 2.27. The lowest BCUT2D eigenvalue weighted by atomic mass is 9.74. The summed E-state index contributed by atoms with van der Waals surface area (Å²) in [5.74, 6) is 0.440. The van der Waals surface area contributed by atoms with Crippen LogP contribution in [-0.2, 0) is 19.3 Å². The SMILES string of the molecule is C1=CC(c2ccc3c(c2)C2=C(CC3)c3cc(-c4ccc5c6ccccc6c6ccccc6c5c4)ccc3CC2)Cc2ccccc21. The first-order chi connectivity index (χ1) is 22.8. The first-order valence-corrected chi connectivity index (χ1v) is 16.9. The molecule has 0 amide bonds. The van der Waals surface area contributed by atoms with Crippen LogP contribution in [0.2, 0.25) is 0 Å². The molecule has 7 aromatic rings. The van der Waals surface area contributed by atoms with E-state index in [1.54, 1.807) is 11.1 Å². The third kappa shape index (κ3) is 4.00. The van der Waals surface area contributed by atoms with E-state index < -0.39 is 0 Å². The second-order valence-corrected chi connectivity index (χ2v) is 13.5. The second-order valence-electron chi connectivity index (χ2n) is 13.5. The molecule has 0 bridgehead atoms. The first-order valence-electron chi connectivity index (χ1n) is 16.9. The maximum atomic E-state index is 2.54. The highest BCUT2D eigenvalue weighted by atomic mass is 14.3. The Bertz CT molecular complexity index is 2410. The Kier molecular flexibility index (Phi) is 5.75. The van der Waals surface area contributed by atoms with E-state index >= 15 is 0 Å². The van der Waals surface area contributed by atoms with E-state index in [2.05, 4.69) is 140 Å². The molecule has 1 atom stereocenters. The molecule has 46 heavy (non-hydrogen) atoms. The van der Waals surface area contributed by atoms with Gasteiger partial charge < -0.3 is 0 Å². The van der Waals surface area contributed by atoms with Gasteiger partial charge in [0.2, 0.25) is 0 Å². The molecule has 3 aliphatic rings. The Morgan fingerprint density at radius 3 is 1.72 bits per heavy atom. The summed E-state index contributed by atoms with van der Waals surface area (Å²) in [7, 11) is 0. The van der Waals surface area contributed by atoms with Gasteiger partial charge in [0.1, 0.15) is 0 Å². The zero-order valence-electron chi connectivity index (χ0n) is 25.9. The summed E-state index contributed by atoms with van der Waals surface area (Å²) in [5.41, 5.74) is 16.1. The molecule has 0 spiro atoms. The predicted octanol–water partition coefficient (Wildman–Crippen LogP) is 12.0. The third-order valence-electron chi connectivity index (χ3n) is 11.1. The molecule has 7 aromatic carbocycles. The molecule has 0 saturated carbocycles. The number of allylic oxidation sites excluding steroid dienone is 3. The Morgan fingerprint density at radius 2 is 0.978 bits per heavy atom. The molecule has 0 fully saturated rings. The topological polar surface area (TPSA) is 0 Å². The third-order valence-corrected chi connectivity index (χ3v) is 11.1. The van der Waals surface area contributed by atoms with Gasteiger partial charge in [-0.15, -0.1) is 0 Å². The summed E-state index contributed by atoms with van der Waals surface area (Å²) in [5, 5.41) is 7.99. The van der Waals surface area contributed by atoms with E-state index in [1.807, 2.05) is 0 Å². The zero-order valence-corrected chi connectivity index (χ0v) is 25.9. The van der Waals surface area contributed by atoms with Crippen molar-refractivity contribution >= 4 is 49.5 Å². The monoisotopic (exact) mass is 586 g/mol. The predicted molar refractivity (Wildman–Crippen MR) is 196 cm³/mol. The maximum Gasteiger partial charge on any atom is 0.00621 e. The number of hydrogen-bond acceptors (Lipinski definition) is 0. The fourth-order valence-corrected chi connectivity index (χ4v) is 8.72. The lowest BCUT2D eigenvalue weighted by molar-refractivity contribution is 0.822. The van der Waals surface area contributed by atoms with Gasteiger partial charge in [0.05, 0.1) is 0 Å². The minimum atomic E-state index is 0.440. The van der Waals surface area contributed by atoms with Crippen LogP contribution in [0.3, 0.4) is 0 Å². The molecule has 10 rings (SSSR count). The van der Waals surface area contributed by atoms with Crippen LogP contribution in [0.15, 0.2) is 133 Å². The lowest BCUT2D eigenvalue weighted by Crippen LogP contribution is -2.13. The molecule has 0 saturated heterocycles. The fourth-order valence-electron chi connectivity index (χ4n) is 8.72. The largest absolute Gasteiger partial charge is 0.0761 e. The quantitative estimate of drug-likeness (QED) is 0.177. The second kappa shape index (κ2) is 10.2. The van der Waals surface area contributed by atoms with Gasteiger partial charge in [0.15, 0.2) is 0 Å². The average molecular weight is 587 g/mol. The lowest BCUT2D eigenvalue weighted by Gasteiger charge is -2.31. The van der Waals surface area contributed by atoms with E-state index in [0.29, 0.717) is 5.92 Å². The minimum Gasteiger partial charge on any atom is -0.0761 e. The van der Waals surface area contributed by atoms with Crippen molar-refractivity contribution < 1.29 is 0 Å². The molecular weight excluding hydrogens is 553 g/mol. The fraction of sp³-hybridized carbons (Fsp3) is 0.130. The van der Waals surface area contributed by atoms with Gasteiger partial charge in [0.25, 0.3) is 0 Å². The Morgan fingerprint density at radius 1 is 0.413 bits per heavy atom. The summed E-state index contributed by atoms with van der Waals surface area (Å²) in [6.07, 6.45) is 10.3. The van der Waals surface area contributed by atoms with Crippen molar-refractivity contribution in [1.82, 2.24) is 0 Å². The highest BCUT2D eigenvalue weighted by molar-refractivity contribution is 6.25. The van der Waals surface area contributed by atoms with Gasteiger partial charge in [-0.25, -0.2) is 0 Å². The molecule has 0 N–H and O–H groups in total. The van der Waals surface area contributed by atoms with Crippen LogP contribution >= 0.6 is 0 Å². The summed E-state index contributed by atoms with van der Waals surface area (Å²) in [6.45, 7) is 0. The van der Waals surface area contributed by atoms with Gasteiger partial charge in [-0.05, 0) is 138 Å². The van der Waals surface area contributed by atoms with E-state index in [0.717, 1.165) is 32.1 Å². The smallest absolute Gasteiger partial charge is 0.00621 e. The van der Waals surface area contributed by atoms with Gasteiger partial charge in [0, 0.05) is 5.92 Å². The van der Waals surface area contributed by atoms with Crippen molar-refractivity contribution in [3.63, 3.8) is 0 Å². The summed E-state index contributed by atoms with van der Waals surface area (Å²) in [6, 6.07) is 48.3. The van der Waals surface area contributed by atoms with Crippen molar-refractivity contribution in [2.75, 3.05) is 0 Å². The number of benzene rings is 7. The number of rotatable bonds is 2. The van der Waals surface area contributed by atoms with Crippen LogP contribution in [0.4, 0.5) is 0 Å². The number of aryl methyl sites for hydroxylation is 2. The van der Waals surface area contributed by atoms with E-state index in [-0.39, 0.29) is 0 Å². The van der Waals surface area contributed by atoms with Crippen molar-refractivity contribution in [3.05, 3.63) is 172 Å². The highest BCUT2D eigenvalue weighted by Crippen LogP contribution is 2.46. The Balaban J connectivity index is 1.07. The molecule has 0 radical (unpaired) electrons. The van der Waals surface area contributed by atoms with E-state index in [1.165, 1.54) is 82.4 Å². The van der Waals surface area contributed by atoms with Gasteiger partial charge in [-0.3, -0.25) is 0 Å². The summed E-state index contributed by atoms with van der Waals surface area (Å²) >= 11 is 0. The molecule has 0 heterocycles. The van der Waals surface area contributed by atoms with Gasteiger partial charge >= 0.3 is 0 Å². The van der Waals surface area contributed by atoms with Gasteiger partial charge in [-0.1, -0.05) is 127 Å². The van der Waals surface area contributed by atoms with E-state index in [4.69, 9.17) is 0 Å². The van der Waals surface area contributed by atoms with Crippen LogP contribution in [0.5, 0.6) is 0 Å². The summed E-state index contributed by atoms with van der Waals surface area (Å²) < 4.78 is 0. The number of hydrogen-bond donors (Lipinski definition) is 0. The van der Waals surface area contributed by atoms with Crippen LogP contribution in [-0.4, -0.2) is 0 Å². The Hall–Kier alpha value is -5.20. The minimum absolute atomic E-state index is 0.440. The van der Waals surface area contributed by atoms with Crippen molar-refractivity contribution in [2.24, 2.45) is 0 Å². The molecule has 0 aliphatic heterocycles. The molecule has 218 valence electrons. The molecular formula is C46H34. The van der Waals surface area contributed by atoms with Crippen LogP contribution in [0.25, 0.3) is 60.7 Å². The average Bonchev–Trinajstić information content (AvgIpc) is 3.14. The van der Waals surface area contributed by atoms with Crippen molar-refractivity contribution in [2.45, 2.75) is 38.0 Å². The molecule has 1 unspecified atom stereocenters. The Labute approximate surface area is 270 Å². The molecule has 3 aliphatic carbocycles. The standard InChI is InChI=1S/C46H34/c1-2-8-32-25-33(16-13-29(32)7-1)34-17-14-30-19-23-42-41(44(30)26-34)22-20-31-15-18-35(27-45(31)42)36-21-24-43-39-11-4-3-9-37(39)38-10-5-6-12-40(38)46(43)28-36/h1-18,21,24,26-28,33H,19-20,22-23,25H2. The van der Waals surface area contributed by atoms with Crippen molar-refractivity contribution in [1.29, 1.82) is 0 Å². The number of fused-ring (bicyclic) bond motifs is 11. The van der Waals surface area contributed by atoms with Crippen LogP contribution in [0.1, 0.15) is 57.7 Å². The maximum absolute atomic E-state index is 2.54. The first kappa shape index (κ1) is 26.1. The van der Waals surface area contributed by atoms with Gasteiger partial charge in [-0.2, -0.15) is 0 Å². The molecule has 0 heteroatoms. The zero-order chi connectivity index (χ0) is 30.2. The van der Waals surface area contributed by atoms with Crippen LogP contribution < -0.4 is 0 Å². The van der Waals surface area contributed by atoms with Crippen LogP contribution in [0, 0.1) is 0 Å². The molecule has 0 nitrogen and oxygen atoms in total. The summed E-state index contributed by atoms with van der Waals surface area (Å²) in [4.78, 5) is 0. The van der Waals surface area contributed by atoms with Crippen molar-refractivity contribution in [3.8, 4) is 11.1 Å². The molecule has 0 aromatic heterocycles. The van der Waals surface area contributed by atoms with E-state index in [9.17, 15) is 0 Å².